The fourth-order valence-electron chi connectivity index (χ4n) is 1.83. The fourth-order valence-corrected chi connectivity index (χ4v) is 1.83. The maximum Gasteiger partial charge on any atom is 0.0593 e. The molecule has 3 nitrogen and oxygen atoms in total. The second-order valence-electron chi connectivity index (χ2n) is 4.06. The molecular weight excluding hydrogens is 164 g/mol. The summed E-state index contributed by atoms with van der Waals surface area (Å²) in [5.74, 6) is 0.835. The number of hydrogen-bond acceptors (Lipinski definition) is 3. The lowest BCUT2D eigenvalue weighted by atomic mass is 9.81. The Bertz CT molecular complexity index is 135. The summed E-state index contributed by atoms with van der Waals surface area (Å²) < 4.78 is 5.29. The van der Waals surface area contributed by atoms with Crippen LogP contribution < -0.4 is 5.73 Å². The van der Waals surface area contributed by atoms with Crippen molar-refractivity contribution in [3.8, 4) is 0 Å². The number of hydrogen-bond donors (Lipinski definition) is 1. The summed E-state index contributed by atoms with van der Waals surface area (Å²) >= 11 is 0. The molecule has 0 aromatic carbocycles. The van der Waals surface area contributed by atoms with Gasteiger partial charge < -0.3 is 15.4 Å². The molecular formula is C10H22N2O. The molecule has 0 heterocycles. The number of nitrogens with zero attached hydrogens (tertiary/aromatic N) is 1. The molecule has 0 atom stereocenters. The van der Waals surface area contributed by atoms with E-state index in [0.717, 1.165) is 25.7 Å². The summed E-state index contributed by atoms with van der Waals surface area (Å²) in [4.78, 5) is 2.34. The van der Waals surface area contributed by atoms with Gasteiger partial charge in [-0.15, -0.1) is 0 Å². The molecule has 1 aliphatic rings. The minimum Gasteiger partial charge on any atom is -0.380 e. The molecule has 1 aliphatic carbocycles. The highest BCUT2D eigenvalue weighted by Crippen LogP contribution is 2.25. The van der Waals surface area contributed by atoms with E-state index in [0.29, 0.717) is 6.04 Å². The summed E-state index contributed by atoms with van der Waals surface area (Å²) in [6.45, 7) is 5.93. The first-order valence-corrected chi connectivity index (χ1v) is 5.24. The van der Waals surface area contributed by atoms with Gasteiger partial charge in [0.25, 0.3) is 0 Å². The monoisotopic (exact) mass is 186 g/mol. The first kappa shape index (κ1) is 11.0. The highest BCUT2D eigenvalue weighted by atomic mass is 16.5. The average Bonchev–Trinajstić information content (AvgIpc) is 2.02. The van der Waals surface area contributed by atoms with Gasteiger partial charge in [-0.05, 0) is 32.7 Å². The minimum absolute atomic E-state index is 0.477. The zero-order valence-corrected chi connectivity index (χ0v) is 8.83. The lowest BCUT2D eigenvalue weighted by Gasteiger charge is -2.35. The van der Waals surface area contributed by atoms with Crippen molar-refractivity contribution in [3.63, 3.8) is 0 Å². The number of likely N-dealkylation sites (N-methyl/N-ethyl adjacent to an activating group) is 1. The quantitative estimate of drug-likeness (QED) is 0.620. The molecule has 78 valence electrons. The molecule has 3 heteroatoms. The van der Waals surface area contributed by atoms with Gasteiger partial charge >= 0.3 is 0 Å². The van der Waals surface area contributed by atoms with Gasteiger partial charge in [0, 0.05) is 25.7 Å². The second kappa shape index (κ2) is 5.58. The van der Waals surface area contributed by atoms with E-state index in [-0.39, 0.29) is 0 Å². The van der Waals surface area contributed by atoms with Crippen LogP contribution in [0.2, 0.25) is 0 Å². The summed E-state index contributed by atoms with van der Waals surface area (Å²) in [5, 5.41) is 0. The second-order valence-corrected chi connectivity index (χ2v) is 4.06. The average molecular weight is 186 g/mol. The summed E-state index contributed by atoms with van der Waals surface area (Å²) in [6, 6.07) is 0.477. The van der Waals surface area contributed by atoms with Gasteiger partial charge in [-0.3, -0.25) is 0 Å². The third-order valence-electron chi connectivity index (χ3n) is 2.66. The van der Waals surface area contributed by atoms with E-state index in [9.17, 15) is 0 Å². The fraction of sp³-hybridized carbons (Fsp3) is 1.00. The molecule has 1 fully saturated rings. The van der Waals surface area contributed by atoms with Gasteiger partial charge in [0.05, 0.1) is 6.61 Å². The summed E-state index contributed by atoms with van der Waals surface area (Å²) in [7, 11) is 2.16. The van der Waals surface area contributed by atoms with E-state index < -0.39 is 0 Å². The van der Waals surface area contributed by atoms with Crippen molar-refractivity contribution in [3.05, 3.63) is 0 Å². The molecule has 0 unspecified atom stereocenters. The summed E-state index contributed by atoms with van der Waals surface area (Å²) in [5.41, 5.74) is 5.72. The normalized spacial score (nSPS) is 27.7. The van der Waals surface area contributed by atoms with Crippen molar-refractivity contribution in [2.75, 3.05) is 33.4 Å². The van der Waals surface area contributed by atoms with Crippen molar-refractivity contribution in [1.29, 1.82) is 0 Å². The van der Waals surface area contributed by atoms with E-state index in [1.54, 1.807) is 0 Å². The highest BCUT2D eigenvalue weighted by molar-refractivity contribution is 4.83. The molecule has 0 aliphatic heterocycles. The molecule has 0 bridgehead atoms. The molecule has 0 saturated heterocycles. The predicted molar refractivity (Wildman–Crippen MR) is 54.7 cm³/mol. The molecule has 13 heavy (non-hydrogen) atoms. The van der Waals surface area contributed by atoms with Gasteiger partial charge in [-0.1, -0.05) is 0 Å². The Morgan fingerprint density at radius 1 is 1.46 bits per heavy atom. The lowest BCUT2D eigenvalue weighted by Crippen LogP contribution is -2.42. The maximum atomic E-state index is 5.72. The van der Waals surface area contributed by atoms with Crippen molar-refractivity contribution < 1.29 is 4.74 Å². The van der Waals surface area contributed by atoms with Gasteiger partial charge in [-0.25, -0.2) is 0 Å². The Hall–Kier alpha value is -0.120. The van der Waals surface area contributed by atoms with E-state index >= 15 is 0 Å². The third kappa shape index (κ3) is 4.07. The van der Waals surface area contributed by atoms with Gasteiger partial charge in [0.1, 0.15) is 0 Å². The van der Waals surface area contributed by atoms with Crippen LogP contribution >= 0.6 is 0 Å². The van der Waals surface area contributed by atoms with Crippen LogP contribution in [0.15, 0.2) is 0 Å². The Morgan fingerprint density at radius 2 is 2.15 bits per heavy atom. The van der Waals surface area contributed by atoms with Gasteiger partial charge in [0.2, 0.25) is 0 Å². The van der Waals surface area contributed by atoms with Crippen molar-refractivity contribution in [1.82, 2.24) is 4.90 Å². The van der Waals surface area contributed by atoms with Crippen LogP contribution in [0.3, 0.4) is 0 Å². The zero-order valence-electron chi connectivity index (χ0n) is 8.83. The standard InChI is InChI=1S/C10H22N2O/c1-3-13-5-4-12(2)8-9-6-10(11)7-9/h9-10H,3-8,11H2,1-2H3. The van der Waals surface area contributed by atoms with Crippen molar-refractivity contribution in [2.24, 2.45) is 11.7 Å². The lowest BCUT2D eigenvalue weighted by molar-refractivity contribution is 0.105. The molecule has 0 spiro atoms. The third-order valence-corrected chi connectivity index (χ3v) is 2.66. The Balaban J connectivity index is 1.95. The number of nitrogens with two attached hydrogens (primary N) is 1. The first-order chi connectivity index (χ1) is 6.22. The first-order valence-electron chi connectivity index (χ1n) is 5.24. The van der Waals surface area contributed by atoms with E-state index in [2.05, 4.69) is 11.9 Å². The van der Waals surface area contributed by atoms with Gasteiger partial charge in [0.15, 0.2) is 0 Å². The molecule has 2 N–H and O–H groups in total. The SMILES string of the molecule is CCOCCN(C)CC1CC(N)C1. The van der Waals surface area contributed by atoms with Gasteiger partial charge in [-0.2, -0.15) is 0 Å². The Kier molecular flexibility index (Phi) is 4.70. The van der Waals surface area contributed by atoms with Crippen LogP contribution in [0.4, 0.5) is 0 Å². The molecule has 0 radical (unpaired) electrons. The highest BCUT2D eigenvalue weighted by Gasteiger charge is 2.26. The van der Waals surface area contributed by atoms with E-state index in [1.807, 2.05) is 6.92 Å². The molecule has 0 amide bonds. The Labute approximate surface area is 81.2 Å². The van der Waals surface area contributed by atoms with Crippen LogP contribution in [-0.2, 0) is 4.74 Å². The minimum atomic E-state index is 0.477. The summed E-state index contributed by atoms with van der Waals surface area (Å²) in [6.07, 6.45) is 2.41. The van der Waals surface area contributed by atoms with Crippen LogP contribution in [0, 0.1) is 5.92 Å². The van der Waals surface area contributed by atoms with E-state index in [1.165, 1.54) is 19.4 Å². The zero-order chi connectivity index (χ0) is 9.68. The molecule has 1 rings (SSSR count). The van der Waals surface area contributed by atoms with E-state index in [4.69, 9.17) is 10.5 Å². The van der Waals surface area contributed by atoms with Crippen molar-refractivity contribution in [2.45, 2.75) is 25.8 Å². The largest absolute Gasteiger partial charge is 0.380 e. The maximum absolute atomic E-state index is 5.72. The molecule has 1 saturated carbocycles. The number of rotatable bonds is 6. The predicted octanol–water partition coefficient (Wildman–Crippen LogP) is 0.692. The van der Waals surface area contributed by atoms with Crippen LogP contribution in [0.1, 0.15) is 19.8 Å². The smallest absolute Gasteiger partial charge is 0.0593 e. The molecule has 0 aromatic rings. The van der Waals surface area contributed by atoms with Crippen LogP contribution in [0.25, 0.3) is 0 Å². The molecule has 0 aromatic heterocycles. The van der Waals surface area contributed by atoms with Crippen LogP contribution in [0.5, 0.6) is 0 Å². The van der Waals surface area contributed by atoms with Crippen LogP contribution in [-0.4, -0.2) is 44.3 Å². The topological polar surface area (TPSA) is 38.5 Å². The Morgan fingerprint density at radius 3 is 2.69 bits per heavy atom. The van der Waals surface area contributed by atoms with Crippen molar-refractivity contribution >= 4 is 0 Å². The number of ether oxygens (including phenoxy) is 1.